The number of furan rings is 1. The highest BCUT2D eigenvalue weighted by molar-refractivity contribution is 7.10. The topological polar surface area (TPSA) is 52.8 Å². The average molecular weight is 361 g/mol. The van der Waals surface area contributed by atoms with E-state index in [9.17, 15) is 0 Å². The number of thiophene rings is 1. The molecule has 25 heavy (non-hydrogen) atoms. The minimum Gasteiger partial charge on any atom is -0.468 e. The van der Waals surface area contributed by atoms with E-state index in [2.05, 4.69) is 45.0 Å². The summed E-state index contributed by atoms with van der Waals surface area (Å²) < 4.78 is 5.71. The summed E-state index contributed by atoms with van der Waals surface area (Å²) in [5, 5.41) is 9.03. The van der Waals surface area contributed by atoms with E-state index in [4.69, 9.17) is 4.42 Å². The van der Waals surface area contributed by atoms with Crippen molar-refractivity contribution in [3.05, 3.63) is 46.0 Å². The van der Waals surface area contributed by atoms with Gasteiger partial charge in [-0.2, -0.15) is 0 Å². The Balaban J connectivity index is 1.58. The van der Waals surface area contributed by atoms with Gasteiger partial charge in [-0.3, -0.25) is 9.89 Å². The van der Waals surface area contributed by atoms with Gasteiger partial charge in [0.1, 0.15) is 5.76 Å². The number of hydrogen-bond donors (Lipinski definition) is 2. The number of rotatable bonds is 6. The second-order valence-corrected chi connectivity index (χ2v) is 7.46. The summed E-state index contributed by atoms with van der Waals surface area (Å²) in [7, 11) is 1.82. The first kappa shape index (κ1) is 18.0. The Kier molecular flexibility index (Phi) is 6.53. The SMILES string of the molecule is CN=C(NCc1sccc1C)NCC(c1ccco1)N1CCCCC1. The molecule has 2 aromatic heterocycles. The highest BCUT2D eigenvalue weighted by atomic mass is 32.1. The van der Waals surface area contributed by atoms with Crippen LogP contribution in [0, 0.1) is 6.92 Å². The van der Waals surface area contributed by atoms with Crippen molar-refractivity contribution >= 4 is 17.3 Å². The summed E-state index contributed by atoms with van der Waals surface area (Å²) in [6, 6.07) is 6.45. The molecule has 0 radical (unpaired) electrons. The van der Waals surface area contributed by atoms with Crippen molar-refractivity contribution in [3.63, 3.8) is 0 Å². The van der Waals surface area contributed by atoms with Gasteiger partial charge in [-0.25, -0.2) is 0 Å². The zero-order valence-electron chi connectivity index (χ0n) is 15.1. The molecule has 0 amide bonds. The molecule has 0 bridgehead atoms. The molecule has 2 aromatic rings. The van der Waals surface area contributed by atoms with Crippen LogP contribution in [0.4, 0.5) is 0 Å². The normalized spacial score (nSPS) is 17.4. The Morgan fingerprint density at radius 3 is 2.76 bits per heavy atom. The van der Waals surface area contributed by atoms with E-state index in [0.717, 1.165) is 37.9 Å². The van der Waals surface area contributed by atoms with E-state index in [-0.39, 0.29) is 6.04 Å². The summed E-state index contributed by atoms with van der Waals surface area (Å²) in [6.07, 6.45) is 5.63. The lowest BCUT2D eigenvalue weighted by Crippen LogP contribution is -2.44. The molecule has 0 saturated carbocycles. The quantitative estimate of drug-likeness (QED) is 0.611. The van der Waals surface area contributed by atoms with Crippen LogP contribution in [-0.4, -0.2) is 37.5 Å². The zero-order chi connectivity index (χ0) is 17.5. The number of nitrogens with zero attached hydrogens (tertiary/aromatic N) is 2. The van der Waals surface area contributed by atoms with Crippen molar-refractivity contribution in [1.29, 1.82) is 0 Å². The van der Waals surface area contributed by atoms with E-state index in [1.165, 1.54) is 29.7 Å². The van der Waals surface area contributed by atoms with Gasteiger partial charge in [0.2, 0.25) is 0 Å². The molecule has 1 saturated heterocycles. The summed E-state index contributed by atoms with van der Waals surface area (Å²) in [6.45, 7) is 6.00. The first-order valence-corrected chi connectivity index (χ1v) is 9.91. The van der Waals surface area contributed by atoms with Crippen LogP contribution < -0.4 is 10.6 Å². The van der Waals surface area contributed by atoms with Crippen LogP contribution in [0.2, 0.25) is 0 Å². The summed E-state index contributed by atoms with van der Waals surface area (Å²) in [4.78, 5) is 8.23. The van der Waals surface area contributed by atoms with Crippen molar-refractivity contribution in [2.75, 3.05) is 26.7 Å². The Morgan fingerprint density at radius 1 is 1.28 bits per heavy atom. The smallest absolute Gasteiger partial charge is 0.191 e. The number of guanidine groups is 1. The van der Waals surface area contributed by atoms with Gasteiger partial charge in [0.25, 0.3) is 0 Å². The lowest BCUT2D eigenvalue weighted by atomic mass is 10.1. The molecular weight excluding hydrogens is 332 g/mol. The fraction of sp³-hybridized carbons (Fsp3) is 0.526. The van der Waals surface area contributed by atoms with Crippen molar-refractivity contribution in [2.24, 2.45) is 4.99 Å². The van der Waals surface area contributed by atoms with Crippen molar-refractivity contribution in [1.82, 2.24) is 15.5 Å². The molecule has 6 heteroatoms. The highest BCUT2D eigenvalue weighted by Gasteiger charge is 2.24. The number of hydrogen-bond acceptors (Lipinski definition) is 4. The maximum Gasteiger partial charge on any atom is 0.191 e. The first-order valence-electron chi connectivity index (χ1n) is 9.03. The van der Waals surface area contributed by atoms with E-state index in [1.54, 1.807) is 17.6 Å². The zero-order valence-corrected chi connectivity index (χ0v) is 15.9. The molecule has 3 rings (SSSR count). The minimum absolute atomic E-state index is 0.248. The highest BCUT2D eigenvalue weighted by Crippen LogP contribution is 2.24. The maximum atomic E-state index is 5.71. The van der Waals surface area contributed by atoms with Crippen molar-refractivity contribution in [2.45, 2.75) is 38.8 Å². The Labute approximate surface area is 154 Å². The van der Waals surface area contributed by atoms with E-state index >= 15 is 0 Å². The molecular formula is C19H28N4OS. The third-order valence-corrected chi connectivity index (χ3v) is 5.80. The number of aryl methyl sites for hydroxylation is 1. The van der Waals surface area contributed by atoms with Crippen LogP contribution in [0.1, 0.15) is 41.5 Å². The van der Waals surface area contributed by atoms with Crippen LogP contribution in [0.25, 0.3) is 0 Å². The standard InChI is InChI=1S/C19H28N4OS/c1-15-8-12-25-18(15)14-22-19(20-2)21-13-16(17-7-6-11-24-17)23-9-4-3-5-10-23/h6-8,11-12,16H,3-5,9-10,13-14H2,1-2H3,(H2,20,21,22). The van der Waals surface area contributed by atoms with Crippen LogP contribution in [0.15, 0.2) is 39.3 Å². The van der Waals surface area contributed by atoms with E-state index in [0.29, 0.717) is 0 Å². The maximum absolute atomic E-state index is 5.71. The minimum atomic E-state index is 0.248. The first-order chi connectivity index (χ1) is 12.3. The van der Waals surface area contributed by atoms with Crippen molar-refractivity contribution in [3.8, 4) is 0 Å². The molecule has 5 nitrogen and oxygen atoms in total. The number of aliphatic imine (C=N–C) groups is 1. The molecule has 1 aliphatic heterocycles. The molecule has 0 aliphatic carbocycles. The fourth-order valence-corrected chi connectivity index (χ4v) is 4.13. The largest absolute Gasteiger partial charge is 0.468 e. The van der Waals surface area contributed by atoms with Gasteiger partial charge in [0.05, 0.1) is 18.8 Å². The van der Waals surface area contributed by atoms with Gasteiger partial charge in [-0.05, 0) is 62.0 Å². The molecule has 1 unspecified atom stereocenters. The van der Waals surface area contributed by atoms with Gasteiger partial charge < -0.3 is 15.1 Å². The van der Waals surface area contributed by atoms with Gasteiger partial charge in [-0.15, -0.1) is 11.3 Å². The van der Waals surface area contributed by atoms with Crippen LogP contribution in [0.5, 0.6) is 0 Å². The fourth-order valence-electron chi connectivity index (χ4n) is 3.28. The third kappa shape index (κ3) is 4.86. The van der Waals surface area contributed by atoms with Crippen LogP contribution in [-0.2, 0) is 6.54 Å². The molecule has 0 aromatic carbocycles. The summed E-state index contributed by atoms with van der Waals surface area (Å²) >= 11 is 1.78. The van der Waals surface area contributed by atoms with Crippen LogP contribution in [0.3, 0.4) is 0 Å². The molecule has 136 valence electrons. The number of likely N-dealkylation sites (tertiary alicyclic amines) is 1. The molecule has 3 heterocycles. The molecule has 1 aliphatic rings. The molecule has 1 fully saturated rings. The lowest BCUT2D eigenvalue weighted by Gasteiger charge is -2.33. The summed E-state index contributed by atoms with van der Waals surface area (Å²) in [5.74, 6) is 1.86. The van der Waals surface area contributed by atoms with Crippen LogP contribution >= 0.6 is 11.3 Å². The monoisotopic (exact) mass is 360 g/mol. The predicted molar refractivity (Wildman–Crippen MR) is 104 cm³/mol. The predicted octanol–water partition coefficient (Wildman–Crippen LogP) is 3.54. The van der Waals surface area contributed by atoms with Gasteiger partial charge in [-0.1, -0.05) is 6.42 Å². The Hall–Kier alpha value is -1.79. The van der Waals surface area contributed by atoms with Crippen molar-refractivity contribution < 1.29 is 4.42 Å². The number of nitrogens with one attached hydrogen (secondary N) is 2. The van der Waals surface area contributed by atoms with Gasteiger partial charge in [0.15, 0.2) is 5.96 Å². The second kappa shape index (κ2) is 9.06. The van der Waals surface area contributed by atoms with E-state index < -0.39 is 0 Å². The second-order valence-electron chi connectivity index (χ2n) is 6.46. The Morgan fingerprint density at radius 2 is 2.12 bits per heavy atom. The summed E-state index contributed by atoms with van der Waals surface area (Å²) in [5.41, 5.74) is 1.33. The molecule has 1 atom stereocenters. The Bertz CT molecular complexity index is 659. The van der Waals surface area contributed by atoms with E-state index in [1.807, 2.05) is 13.1 Å². The van der Waals surface area contributed by atoms with Gasteiger partial charge >= 0.3 is 0 Å². The van der Waals surface area contributed by atoms with Gasteiger partial charge in [0, 0.05) is 18.5 Å². The molecule has 0 spiro atoms. The number of piperidine rings is 1. The lowest BCUT2D eigenvalue weighted by molar-refractivity contribution is 0.146. The third-order valence-electron chi connectivity index (χ3n) is 4.77. The average Bonchev–Trinajstić information content (AvgIpc) is 3.31. The molecule has 2 N–H and O–H groups in total.